The molecule has 1 rings (SSSR count). The van der Waals surface area contributed by atoms with Gasteiger partial charge in [-0.3, -0.25) is 14.4 Å². The molecule has 0 aliphatic rings. The van der Waals surface area contributed by atoms with Crippen molar-refractivity contribution in [1.29, 1.82) is 0 Å². The Morgan fingerprint density at radius 2 is 1.89 bits per heavy atom. The summed E-state index contributed by atoms with van der Waals surface area (Å²) in [6, 6.07) is 5.24. The number of hydrogen-bond donors (Lipinski definition) is 2. The van der Waals surface area contributed by atoms with Crippen molar-refractivity contribution in [3.8, 4) is 0 Å². The van der Waals surface area contributed by atoms with Crippen LogP contribution in [0.4, 0.5) is 0 Å². The van der Waals surface area contributed by atoms with Crippen LogP contribution in [0.25, 0.3) is 0 Å². The third kappa shape index (κ3) is 4.79. The lowest BCUT2D eigenvalue weighted by atomic mass is 10.1. The fourth-order valence-corrected chi connectivity index (χ4v) is 1.34. The van der Waals surface area contributed by atoms with Crippen LogP contribution in [-0.4, -0.2) is 30.9 Å². The van der Waals surface area contributed by atoms with E-state index in [2.05, 4.69) is 10.1 Å². The first-order valence-electron chi connectivity index (χ1n) is 5.69. The molecule has 0 unspecified atom stereocenters. The molecule has 2 amide bonds. The van der Waals surface area contributed by atoms with E-state index in [0.29, 0.717) is 5.56 Å². The summed E-state index contributed by atoms with van der Waals surface area (Å²) in [5, 5.41) is 2.40. The molecule has 0 bridgehead atoms. The minimum Gasteiger partial charge on any atom is -0.454 e. The first kappa shape index (κ1) is 14.7. The second-order valence-electron chi connectivity index (χ2n) is 4.11. The highest BCUT2D eigenvalue weighted by molar-refractivity contribution is 5.96. The number of aryl methyl sites for hydroxylation is 2. The van der Waals surface area contributed by atoms with E-state index in [1.807, 2.05) is 19.9 Å². The molecule has 0 saturated heterocycles. The number of nitrogens with one attached hydrogen (secondary N) is 1. The first-order valence-corrected chi connectivity index (χ1v) is 5.69. The van der Waals surface area contributed by atoms with E-state index < -0.39 is 18.5 Å². The van der Waals surface area contributed by atoms with Gasteiger partial charge in [-0.05, 0) is 37.1 Å². The molecule has 0 heterocycles. The second-order valence-corrected chi connectivity index (χ2v) is 4.11. The molecule has 1 aromatic carbocycles. The van der Waals surface area contributed by atoms with E-state index in [-0.39, 0.29) is 12.5 Å². The lowest BCUT2D eigenvalue weighted by molar-refractivity contribution is -0.146. The van der Waals surface area contributed by atoms with Crippen LogP contribution < -0.4 is 11.1 Å². The van der Waals surface area contributed by atoms with Crippen LogP contribution in [0.1, 0.15) is 21.5 Å². The Morgan fingerprint density at radius 3 is 2.47 bits per heavy atom. The monoisotopic (exact) mass is 264 g/mol. The molecule has 0 radical (unpaired) electrons. The van der Waals surface area contributed by atoms with Gasteiger partial charge in [0, 0.05) is 5.56 Å². The van der Waals surface area contributed by atoms with Gasteiger partial charge in [0.1, 0.15) is 6.54 Å². The highest BCUT2D eigenvalue weighted by atomic mass is 16.5. The summed E-state index contributed by atoms with van der Waals surface area (Å²) < 4.78 is 4.50. The number of rotatable bonds is 5. The highest BCUT2D eigenvalue weighted by Gasteiger charge is 2.10. The molecule has 0 saturated carbocycles. The predicted octanol–water partition coefficient (Wildman–Crippen LogP) is 0.0617. The van der Waals surface area contributed by atoms with E-state index in [4.69, 9.17) is 5.73 Å². The van der Waals surface area contributed by atoms with Gasteiger partial charge in [-0.2, -0.15) is 0 Å². The van der Waals surface area contributed by atoms with Crippen molar-refractivity contribution in [2.45, 2.75) is 13.8 Å². The van der Waals surface area contributed by atoms with Gasteiger partial charge in [-0.15, -0.1) is 0 Å². The highest BCUT2D eigenvalue weighted by Crippen LogP contribution is 2.09. The van der Waals surface area contributed by atoms with Gasteiger partial charge in [-0.25, -0.2) is 0 Å². The number of carbonyl (C=O) groups excluding carboxylic acids is 3. The molecule has 6 nitrogen and oxygen atoms in total. The zero-order valence-electron chi connectivity index (χ0n) is 10.9. The third-order valence-corrected chi connectivity index (χ3v) is 2.54. The average molecular weight is 264 g/mol. The minimum absolute atomic E-state index is 0.307. The van der Waals surface area contributed by atoms with Gasteiger partial charge in [0.2, 0.25) is 0 Å². The van der Waals surface area contributed by atoms with E-state index in [9.17, 15) is 14.4 Å². The maximum atomic E-state index is 11.7. The van der Waals surface area contributed by atoms with Crippen molar-refractivity contribution in [1.82, 2.24) is 5.32 Å². The zero-order valence-corrected chi connectivity index (χ0v) is 10.9. The van der Waals surface area contributed by atoms with Crippen molar-refractivity contribution in [3.63, 3.8) is 0 Å². The van der Waals surface area contributed by atoms with Crippen LogP contribution in [0, 0.1) is 13.8 Å². The third-order valence-electron chi connectivity index (χ3n) is 2.54. The molecular weight excluding hydrogens is 248 g/mol. The molecule has 1 aromatic rings. The van der Waals surface area contributed by atoms with Crippen LogP contribution in [0.15, 0.2) is 18.2 Å². The standard InChI is InChI=1S/C13H16N2O4/c1-8-3-4-10(5-9(8)2)13(18)15-6-12(17)19-7-11(14)16/h3-5H,6-7H2,1-2H3,(H2,14,16)(H,15,18). The number of amides is 2. The van der Waals surface area contributed by atoms with E-state index in [0.717, 1.165) is 11.1 Å². The number of carbonyl (C=O) groups is 3. The van der Waals surface area contributed by atoms with Crippen LogP contribution in [0.3, 0.4) is 0 Å². The Kier molecular flexibility index (Phi) is 5.05. The summed E-state index contributed by atoms with van der Waals surface area (Å²) in [6.45, 7) is 3.04. The predicted molar refractivity (Wildman–Crippen MR) is 68.4 cm³/mol. The van der Waals surface area contributed by atoms with E-state index in [1.54, 1.807) is 12.1 Å². The number of ether oxygens (including phenoxy) is 1. The van der Waals surface area contributed by atoms with Crippen molar-refractivity contribution in [3.05, 3.63) is 34.9 Å². The molecule has 0 atom stereocenters. The number of primary amides is 1. The Labute approximate surface area is 110 Å². The fraction of sp³-hybridized carbons (Fsp3) is 0.308. The maximum absolute atomic E-state index is 11.7. The van der Waals surface area contributed by atoms with Gasteiger partial charge in [0.15, 0.2) is 6.61 Å². The largest absolute Gasteiger partial charge is 0.454 e. The molecule has 0 aliphatic heterocycles. The van der Waals surface area contributed by atoms with Crippen LogP contribution in [0.5, 0.6) is 0 Å². The molecular formula is C13H16N2O4. The second kappa shape index (κ2) is 6.53. The number of benzene rings is 1. The topological polar surface area (TPSA) is 98.5 Å². The lowest BCUT2D eigenvalue weighted by Crippen LogP contribution is -2.32. The fourth-order valence-electron chi connectivity index (χ4n) is 1.34. The van der Waals surface area contributed by atoms with Crippen molar-refractivity contribution in [2.75, 3.05) is 13.2 Å². The Bertz CT molecular complexity index is 511. The maximum Gasteiger partial charge on any atom is 0.325 e. The van der Waals surface area contributed by atoms with Crippen LogP contribution >= 0.6 is 0 Å². The van der Waals surface area contributed by atoms with Crippen LogP contribution in [-0.2, 0) is 14.3 Å². The van der Waals surface area contributed by atoms with Crippen molar-refractivity contribution < 1.29 is 19.1 Å². The van der Waals surface area contributed by atoms with Gasteiger partial charge in [0.05, 0.1) is 0 Å². The van der Waals surface area contributed by atoms with Gasteiger partial charge >= 0.3 is 5.97 Å². The van der Waals surface area contributed by atoms with Crippen molar-refractivity contribution in [2.24, 2.45) is 5.73 Å². The summed E-state index contributed by atoms with van der Waals surface area (Å²) in [4.78, 5) is 33.3. The molecule has 0 aliphatic carbocycles. The summed E-state index contributed by atoms with van der Waals surface area (Å²) in [5.74, 6) is -1.83. The van der Waals surface area contributed by atoms with Gasteiger partial charge in [0.25, 0.3) is 11.8 Å². The number of nitrogens with two attached hydrogens (primary N) is 1. The number of esters is 1. The molecule has 19 heavy (non-hydrogen) atoms. The van der Waals surface area contributed by atoms with Gasteiger partial charge < -0.3 is 15.8 Å². The van der Waals surface area contributed by atoms with Crippen molar-refractivity contribution >= 4 is 17.8 Å². The smallest absolute Gasteiger partial charge is 0.325 e. The molecule has 0 fully saturated rings. The molecule has 0 spiro atoms. The summed E-state index contributed by atoms with van der Waals surface area (Å²) in [7, 11) is 0. The zero-order chi connectivity index (χ0) is 14.4. The molecule has 102 valence electrons. The Hall–Kier alpha value is -2.37. The number of hydrogen-bond acceptors (Lipinski definition) is 4. The molecule has 3 N–H and O–H groups in total. The Balaban J connectivity index is 2.49. The quantitative estimate of drug-likeness (QED) is 0.735. The Morgan fingerprint density at radius 1 is 1.21 bits per heavy atom. The lowest BCUT2D eigenvalue weighted by Gasteiger charge is -2.07. The van der Waals surface area contributed by atoms with Crippen LogP contribution in [0.2, 0.25) is 0 Å². The van der Waals surface area contributed by atoms with E-state index >= 15 is 0 Å². The summed E-state index contributed by atoms with van der Waals surface area (Å²) in [6.07, 6.45) is 0. The average Bonchev–Trinajstić information content (AvgIpc) is 2.36. The first-order chi connectivity index (χ1) is 8.90. The molecule has 6 heteroatoms. The SMILES string of the molecule is Cc1ccc(C(=O)NCC(=O)OCC(N)=O)cc1C. The normalized spacial score (nSPS) is 9.79. The van der Waals surface area contributed by atoms with E-state index in [1.165, 1.54) is 0 Å². The molecule has 0 aromatic heterocycles. The summed E-state index contributed by atoms with van der Waals surface area (Å²) in [5.41, 5.74) is 7.35. The van der Waals surface area contributed by atoms with Gasteiger partial charge in [-0.1, -0.05) is 6.07 Å². The minimum atomic E-state index is -0.742. The summed E-state index contributed by atoms with van der Waals surface area (Å²) >= 11 is 0.